The van der Waals surface area contributed by atoms with Gasteiger partial charge in [-0.05, 0) is 48.4 Å². The summed E-state index contributed by atoms with van der Waals surface area (Å²) in [5, 5.41) is 0. The molecule has 0 radical (unpaired) electrons. The van der Waals surface area contributed by atoms with E-state index in [0.717, 1.165) is 22.2 Å². The Morgan fingerprint density at radius 3 is 2.30 bits per heavy atom. The van der Waals surface area contributed by atoms with Crippen LogP contribution in [0.2, 0.25) is 0 Å². The maximum Gasteiger partial charge on any atom is 0.123 e. The standard InChI is InChI=1S/C16H15BrClFO/c17-14-3-7-16(8-4-14)20-10-9-13(11-18)12-1-5-15(19)6-2-12/h1-8,13H,9-11H2. The van der Waals surface area contributed by atoms with Crippen LogP contribution < -0.4 is 4.74 Å². The Labute approximate surface area is 131 Å². The summed E-state index contributed by atoms with van der Waals surface area (Å²) in [7, 11) is 0. The zero-order chi connectivity index (χ0) is 14.4. The highest BCUT2D eigenvalue weighted by molar-refractivity contribution is 9.10. The van der Waals surface area contributed by atoms with Crippen molar-refractivity contribution in [2.24, 2.45) is 0 Å². The minimum Gasteiger partial charge on any atom is -0.494 e. The van der Waals surface area contributed by atoms with E-state index in [1.54, 1.807) is 12.1 Å². The molecular weight excluding hydrogens is 343 g/mol. The molecule has 0 spiro atoms. The Kier molecular flexibility index (Phi) is 5.86. The Morgan fingerprint density at radius 1 is 1.05 bits per heavy atom. The van der Waals surface area contributed by atoms with Crippen LogP contribution in [0.5, 0.6) is 5.75 Å². The quantitative estimate of drug-likeness (QED) is 0.631. The van der Waals surface area contributed by atoms with Gasteiger partial charge in [-0.1, -0.05) is 28.1 Å². The molecule has 1 nitrogen and oxygen atoms in total. The number of benzene rings is 2. The molecule has 1 atom stereocenters. The minimum absolute atomic E-state index is 0.174. The van der Waals surface area contributed by atoms with Crippen LogP contribution in [0.3, 0.4) is 0 Å². The van der Waals surface area contributed by atoms with Gasteiger partial charge in [-0.2, -0.15) is 0 Å². The normalized spacial score (nSPS) is 12.2. The molecule has 4 heteroatoms. The summed E-state index contributed by atoms with van der Waals surface area (Å²) < 4.78 is 19.6. The van der Waals surface area contributed by atoms with Crippen molar-refractivity contribution in [3.8, 4) is 5.75 Å². The number of halogens is 3. The van der Waals surface area contributed by atoms with Gasteiger partial charge in [0, 0.05) is 16.3 Å². The lowest BCUT2D eigenvalue weighted by Crippen LogP contribution is -2.07. The van der Waals surface area contributed by atoms with Crippen molar-refractivity contribution in [1.82, 2.24) is 0 Å². The fourth-order valence-corrected chi connectivity index (χ4v) is 2.51. The maximum atomic E-state index is 12.9. The van der Waals surface area contributed by atoms with Crippen molar-refractivity contribution in [1.29, 1.82) is 0 Å². The summed E-state index contributed by atoms with van der Waals surface area (Å²) in [6.45, 7) is 0.580. The van der Waals surface area contributed by atoms with Crippen LogP contribution in [0.15, 0.2) is 53.0 Å². The van der Waals surface area contributed by atoms with Gasteiger partial charge in [0.15, 0.2) is 0 Å². The van der Waals surface area contributed by atoms with E-state index in [9.17, 15) is 4.39 Å². The summed E-state index contributed by atoms with van der Waals surface area (Å²) in [6, 6.07) is 14.2. The zero-order valence-corrected chi connectivity index (χ0v) is 13.2. The van der Waals surface area contributed by atoms with Crippen LogP contribution in [0, 0.1) is 5.82 Å². The molecule has 0 aliphatic rings. The van der Waals surface area contributed by atoms with E-state index in [0.29, 0.717) is 12.5 Å². The second-order valence-electron chi connectivity index (χ2n) is 4.49. The molecular formula is C16H15BrClFO. The number of ether oxygens (including phenoxy) is 1. The molecule has 0 fully saturated rings. The summed E-state index contributed by atoms with van der Waals surface area (Å²) >= 11 is 9.37. The maximum absolute atomic E-state index is 12.9. The Hall–Kier alpha value is -1.06. The monoisotopic (exact) mass is 356 g/mol. The van der Waals surface area contributed by atoms with Crippen LogP contribution in [0.4, 0.5) is 4.39 Å². The summed E-state index contributed by atoms with van der Waals surface area (Å²) in [5.41, 5.74) is 1.04. The zero-order valence-electron chi connectivity index (χ0n) is 10.9. The highest BCUT2D eigenvalue weighted by atomic mass is 79.9. The van der Waals surface area contributed by atoms with Crippen LogP contribution in [0.25, 0.3) is 0 Å². The first-order chi connectivity index (χ1) is 9.69. The molecule has 0 saturated carbocycles. The van der Waals surface area contributed by atoms with Gasteiger partial charge in [-0.25, -0.2) is 4.39 Å². The van der Waals surface area contributed by atoms with Gasteiger partial charge >= 0.3 is 0 Å². The van der Waals surface area contributed by atoms with Crippen molar-refractivity contribution >= 4 is 27.5 Å². The summed E-state index contributed by atoms with van der Waals surface area (Å²) in [4.78, 5) is 0. The molecule has 0 N–H and O–H groups in total. The summed E-state index contributed by atoms with van der Waals surface area (Å²) in [5.74, 6) is 1.27. The molecule has 0 aliphatic heterocycles. The van der Waals surface area contributed by atoms with Gasteiger partial charge in [-0.15, -0.1) is 11.6 Å². The fraction of sp³-hybridized carbons (Fsp3) is 0.250. The molecule has 2 rings (SSSR count). The van der Waals surface area contributed by atoms with E-state index in [1.165, 1.54) is 12.1 Å². The Morgan fingerprint density at radius 2 is 1.70 bits per heavy atom. The van der Waals surface area contributed by atoms with E-state index in [-0.39, 0.29) is 11.7 Å². The van der Waals surface area contributed by atoms with Crippen molar-refractivity contribution in [3.05, 3.63) is 64.4 Å². The number of rotatable bonds is 6. The van der Waals surface area contributed by atoms with Gasteiger partial charge in [0.05, 0.1) is 6.61 Å². The van der Waals surface area contributed by atoms with Crippen molar-refractivity contribution in [2.75, 3.05) is 12.5 Å². The number of alkyl halides is 1. The number of hydrogen-bond donors (Lipinski definition) is 0. The molecule has 106 valence electrons. The van der Waals surface area contributed by atoms with Gasteiger partial charge in [0.1, 0.15) is 11.6 Å². The van der Waals surface area contributed by atoms with Crippen molar-refractivity contribution < 1.29 is 9.13 Å². The summed E-state index contributed by atoms with van der Waals surface area (Å²) in [6.07, 6.45) is 0.797. The van der Waals surface area contributed by atoms with Crippen molar-refractivity contribution in [3.63, 3.8) is 0 Å². The highest BCUT2D eigenvalue weighted by Gasteiger charge is 2.10. The van der Waals surface area contributed by atoms with Crippen LogP contribution in [-0.2, 0) is 0 Å². The van der Waals surface area contributed by atoms with Crippen molar-refractivity contribution in [2.45, 2.75) is 12.3 Å². The lowest BCUT2D eigenvalue weighted by molar-refractivity contribution is 0.301. The van der Waals surface area contributed by atoms with E-state index < -0.39 is 0 Å². The van der Waals surface area contributed by atoms with E-state index in [2.05, 4.69) is 15.9 Å². The van der Waals surface area contributed by atoms with Gasteiger partial charge in [0.25, 0.3) is 0 Å². The van der Waals surface area contributed by atoms with E-state index in [4.69, 9.17) is 16.3 Å². The predicted molar refractivity (Wildman–Crippen MR) is 84.1 cm³/mol. The third kappa shape index (κ3) is 4.50. The third-order valence-electron chi connectivity index (χ3n) is 3.08. The van der Waals surface area contributed by atoms with Gasteiger partial charge < -0.3 is 4.74 Å². The predicted octanol–water partition coefficient (Wildman–Crippen LogP) is 5.38. The molecule has 0 saturated heterocycles. The first-order valence-corrected chi connectivity index (χ1v) is 7.71. The molecule has 0 aliphatic carbocycles. The molecule has 0 heterocycles. The highest BCUT2D eigenvalue weighted by Crippen LogP contribution is 2.23. The van der Waals surface area contributed by atoms with E-state index in [1.807, 2.05) is 24.3 Å². The lowest BCUT2D eigenvalue weighted by Gasteiger charge is -2.15. The van der Waals surface area contributed by atoms with Crippen LogP contribution >= 0.6 is 27.5 Å². The topological polar surface area (TPSA) is 9.23 Å². The van der Waals surface area contributed by atoms with Crippen LogP contribution in [0.1, 0.15) is 17.9 Å². The number of hydrogen-bond acceptors (Lipinski definition) is 1. The molecule has 2 aromatic carbocycles. The molecule has 20 heavy (non-hydrogen) atoms. The Bertz CT molecular complexity index is 527. The SMILES string of the molecule is Fc1ccc(C(CCl)CCOc2ccc(Br)cc2)cc1. The lowest BCUT2D eigenvalue weighted by atomic mass is 9.98. The van der Waals surface area contributed by atoms with Gasteiger partial charge in [-0.3, -0.25) is 0 Å². The largest absolute Gasteiger partial charge is 0.494 e. The molecule has 2 aromatic rings. The second-order valence-corrected chi connectivity index (χ2v) is 5.72. The average molecular weight is 358 g/mol. The first kappa shape index (κ1) is 15.3. The Balaban J connectivity index is 1.87. The first-order valence-electron chi connectivity index (χ1n) is 6.39. The third-order valence-corrected chi connectivity index (χ3v) is 3.98. The molecule has 0 bridgehead atoms. The fourth-order valence-electron chi connectivity index (χ4n) is 1.92. The molecule has 0 amide bonds. The molecule has 0 aromatic heterocycles. The van der Waals surface area contributed by atoms with Gasteiger partial charge in [0.2, 0.25) is 0 Å². The average Bonchev–Trinajstić information content (AvgIpc) is 2.47. The van der Waals surface area contributed by atoms with E-state index >= 15 is 0 Å². The van der Waals surface area contributed by atoms with Crippen LogP contribution in [-0.4, -0.2) is 12.5 Å². The minimum atomic E-state index is -0.229. The smallest absolute Gasteiger partial charge is 0.123 e. The molecule has 1 unspecified atom stereocenters. The second kappa shape index (κ2) is 7.65.